The van der Waals surface area contributed by atoms with Crippen LogP contribution in [0.1, 0.15) is 78.6 Å². The van der Waals surface area contributed by atoms with Gasteiger partial charge in [0.1, 0.15) is 11.4 Å². The maximum absolute atomic E-state index is 12.8. The van der Waals surface area contributed by atoms with Gasteiger partial charge < -0.3 is 19.7 Å². The van der Waals surface area contributed by atoms with E-state index < -0.39 is 5.60 Å². The molecule has 1 fully saturated rings. The Balaban J connectivity index is 1.77. The fraction of sp³-hybridized carbons (Fsp3) is 0.720. The van der Waals surface area contributed by atoms with Gasteiger partial charge in [-0.1, -0.05) is 39.5 Å². The zero-order chi connectivity index (χ0) is 21.7. The third kappa shape index (κ3) is 8.65. The van der Waals surface area contributed by atoms with Gasteiger partial charge in [0.15, 0.2) is 0 Å². The second-order valence-electron chi connectivity index (χ2n) is 8.62. The lowest BCUT2D eigenvalue weighted by Crippen LogP contribution is -2.43. The van der Waals surface area contributed by atoms with Crippen molar-refractivity contribution < 1.29 is 14.3 Å². The van der Waals surface area contributed by atoms with Crippen LogP contribution in [0, 0.1) is 0 Å². The molecule has 0 saturated carbocycles. The van der Waals surface area contributed by atoms with E-state index >= 15 is 0 Å². The predicted molar refractivity (Wildman–Crippen MR) is 124 cm³/mol. The molecule has 30 heavy (non-hydrogen) atoms. The number of nitrogens with zero attached hydrogens (tertiary/aromatic N) is 1. The molecule has 170 valence electrons. The van der Waals surface area contributed by atoms with Gasteiger partial charge in [-0.25, -0.2) is 0 Å². The van der Waals surface area contributed by atoms with Gasteiger partial charge in [-0.05, 0) is 76.4 Å². The molecule has 0 aliphatic carbocycles. The van der Waals surface area contributed by atoms with Crippen LogP contribution in [0.15, 0.2) is 24.3 Å². The fourth-order valence-electron chi connectivity index (χ4n) is 3.83. The molecular weight excluding hydrogens is 376 g/mol. The molecule has 1 aliphatic rings. The molecule has 0 bridgehead atoms. The number of ether oxygens (including phenoxy) is 2. The minimum atomic E-state index is -0.783. The monoisotopic (exact) mass is 418 g/mol. The molecule has 0 spiro atoms. The first-order valence-corrected chi connectivity index (χ1v) is 12.0. The van der Waals surface area contributed by atoms with Crippen molar-refractivity contribution in [1.29, 1.82) is 0 Å². The first-order chi connectivity index (χ1) is 14.6. The van der Waals surface area contributed by atoms with Gasteiger partial charge in [-0.3, -0.25) is 4.79 Å². The summed E-state index contributed by atoms with van der Waals surface area (Å²) in [6.45, 7) is 11.0. The molecule has 1 unspecified atom stereocenters. The quantitative estimate of drug-likeness (QED) is 0.421. The second-order valence-corrected chi connectivity index (χ2v) is 8.62. The summed E-state index contributed by atoms with van der Waals surface area (Å²) in [5.41, 5.74) is -0.00567. The number of carbonyl (C=O) groups is 1. The van der Waals surface area contributed by atoms with Gasteiger partial charge in [0.25, 0.3) is 5.91 Å². The van der Waals surface area contributed by atoms with Crippen LogP contribution < -0.4 is 10.1 Å². The second kappa shape index (κ2) is 13.7. The van der Waals surface area contributed by atoms with E-state index in [4.69, 9.17) is 9.47 Å². The zero-order valence-corrected chi connectivity index (χ0v) is 19.4. The van der Waals surface area contributed by atoms with E-state index in [0.717, 1.165) is 56.7 Å². The van der Waals surface area contributed by atoms with E-state index in [1.165, 1.54) is 38.8 Å². The molecule has 0 radical (unpaired) electrons. The number of carbonyl (C=O) groups excluding carboxylic acids is 1. The largest absolute Gasteiger partial charge is 0.494 e. The van der Waals surface area contributed by atoms with Gasteiger partial charge in [0, 0.05) is 18.8 Å². The fourth-order valence-corrected chi connectivity index (χ4v) is 3.83. The summed E-state index contributed by atoms with van der Waals surface area (Å²) in [6.07, 6.45) is 10.1. The Kier molecular flexibility index (Phi) is 11.2. The molecule has 1 aliphatic heterocycles. The lowest BCUT2D eigenvalue weighted by atomic mass is 9.97. The average molecular weight is 419 g/mol. The lowest BCUT2D eigenvalue weighted by Gasteiger charge is -2.28. The first-order valence-electron chi connectivity index (χ1n) is 12.0. The average Bonchev–Trinajstić information content (AvgIpc) is 3.04. The van der Waals surface area contributed by atoms with E-state index in [0.29, 0.717) is 6.61 Å². The Morgan fingerprint density at radius 1 is 1.00 bits per heavy atom. The summed E-state index contributed by atoms with van der Waals surface area (Å²) >= 11 is 0. The summed E-state index contributed by atoms with van der Waals surface area (Å²) in [5.74, 6) is 0.773. The smallest absolute Gasteiger partial charge is 0.256 e. The van der Waals surface area contributed by atoms with Gasteiger partial charge in [0.2, 0.25) is 0 Å². The van der Waals surface area contributed by atoms with Crippen LogP contribution in [0.5, 0.6) is 5.75 Å². The Morgan fingerprint density at radius 3 is 2.33 bits per heavy atom. The number of hydrogen-bond acceptors (Lipinski definition) is 4. The number of unbranched alkanes of at least 4 members (excludes halogenated alkanes) is 1. The molecule has 1 amide bonds. The van der Waals surface area contributed by atoms with Crippen LogP contribution in [0.2, 0.25) is 0 Å². The molecule has 1 saturated heterocycles. The molecule has 1 N–H and O–H groups in total. The van der Waals surface area contributed by atoms with Gasteiger partial charge in [-0.15, -0.1) is 0 Å². The summed E-state index contributed by atoms with van der Waals surface area (Å²) in [7, 11) is 0. The maximum Gasteiger partial charge on any atom is 0.256 e. The molecule has 5 heteroatoms. The number of nitrogens with one attached hydrogen (secondary N) is 1. The third-order valence-electron chi connectivity index (χ3n) is 5.81. The van der Waals surface area contributed by atoms with Gasteiger partial charge >= 0.3 is 0 Å². The Labute approximate surface area is 183 Å². The Bertz CT molecular complexity index is 587. The van der Waals surface area contributed by atoms with Crippen LogP contribution in [0.25, 0.3) is 0 Å². The van der Waals surface area contributed by atoms with E-state index in [2.05, 4.69) is 24.1 Å². The number of benzene rings is 1. The third-order valence-corrected chi connectivity index (χ3v) is 5.81. The first kappa shape index (κ1) is 24.7. The number of amides is 1. The molecule has 2 rings (SSSR count). The van der Waals surface area contributed by atoms with Crippen molar-refractivity contribution in [1.82, 2.24) is 4.90 Å². The number of anilines is 1. The standard InChI is InChI=1S/C25H42N2O3/c1-4-6-16-25(3,30-20-5-2)24(28)26-22-12-14-23(15-13-22)29-21-11-19-27-17-9-7-8-10-18-27/h12-15H,4-11,16-21H2,1-3H3,(H,26,28). The molecule has 1 atom stereocenters. The summed E-state index contributed by atoms with van der Waals surface area (Å²) in [5, 5.41) is 3.02. The van der Waals surface area contributed by atoms with Crippen LogP contribution in [-0.2, 0) is 9.53 Å². The predicted octanol–water partition coefficient (Wildman–Crippen LogP) is 5.65. The van der Waals surface area contributed by atoms with Crippen molar-refractivity contribution in [2.75, 3.05) is 38.2 Å². The number of rotatable bonds is 13. The zero-order valence-electron chi connectivity index (χ0n) is 19.4. The van der Waals surface area contributed by atoms with Crippen LogP contribution >= 0.6 is 0 Å². The maximum atomic E-state index is 12.8. The van der Waals surface area contributed by atoms with Crippen LogP contribution in [0.3, 0.4) is 0 Å². The molecule has 1 heterocycles. The minimum absolute atomic E-state index is 0.0736. The van der Waals surface area contributed by atoms with Crippen molar-refractivity contribution in [3.63, 3.8) is 0 Å². The highest BCUT2D eigenvalue weighted by molar-refractivity contribution is 5.97. The van der Waals surface area contributed by atoms with Crippen molar-refractivity contribution in [3.05, 3.63) is 24.3 Å². The van der Waals surface area contributed by atoms with Crippen molar-refractivity contribution in [2.24, 2.45) is 0 Å². The summed E-state index contributed by atoms with van der Waals surface area (Å²) in [4.78, 5) is 15.4. The minimum Gasteiger partial charge on any atom is -0.494 e. The summed E-state index contributed by atoms with van der Waals surface area (Å²) < 4.78 is 11.8. The lowest BCUT2D eigenvalue weighted by molar-refractivity contribution is -0.140. The van der Waals surface area contributed by atoms with E-state index in [9.17, 15) is 4.79 Å². The highest BCUT2D eigenvalue weighted by Crippen LogP contribution is 2.23. The highest BCUT2D eigenvalue weighted by Gasteiger charge is 2.33. The molecule has 0 aromatic heterocycles. The summed E-state index contributed by atoms with van der Waals surface area (Å²) in [6, 6.07) is 7.67. The van der Waals surface area contributed by atoms with Crippen LogP contribution in [0.4, 0.5) is 5.69 Å². The van der Waals surface area contributed by atoms with Gasteiger partial charge in [0.05, 0.1) is 6.61 Å². The Morgan fingerprint density at radius 2 is 1.70 bits per heavy atom. The van der Waals surface area contributed by atoms with E-state index in [1.54, 1.807) is 0 Å². The molecule has 5 nitrogen and oxygen atoms in total. The van der Waals surface area contributed by atoms with E-state index in [-0.39, 0.29) is 5.91 Å². The molecule has 1 aromatic carbocycles. The van der Waals surface area contributed by atoms with Gasteiger partial charge in [-0.2, -0.15) is 0 Å². The van der Waals surface area contributed by atoms with E-state index in [1.807, 2.05) is 31.2 Å². The van der Waals surface area contributed by atoms with Crippen molar-refractivity contribution in [2.45, 2.75) is 84.2 Å². The van der Waals surface area contributed by atoms with Crippen LogP contribution in [-0.4, -0.2) is 49.3 Å². The Hall–Kier alpha value is -1.59. The van der Waals surface area contributed by atoms with Crippen molar-refractivity contribution in [3.8, 4) is 5.75 Å². The SMILES string of the molecule is CCCCC(C)(OCCC)C(=O)Nc1ccc(OCCCN2CCCCCC2)cc1. The number of hydrogen-bond donors (Lipinski definition) is 1. The molecular formula is C25H42N2O3. The molecule has 1 aromatic rings. The number of likely N-dealkylation sites (tertiary alicyclic amines) is 1. The normalized spacial score (nSPS) is 17.2. The van der Waals surface area contributed by atoms with Crippen molar-refractivity contribution >= 4 is 11.6 Å². The highest BCUT2D eigenvalue weighted by atomic mass is 16.5. The topological polar surface area (TPSA) is 50.8 Å².